The Hall–Kier alpha value is -6.00. The van der Waals surface area contributed by atoms with Gasteiger partial charge < -0.3 is 4.90 Å². The van der Waals surface area contributed by atoms with Gasteiger partial charge in [0, 0.05) is 57.4 Å². The molecule has 0 aliphatic heterocycles. The van der Waals surface area contributed by atoms with Crippen LogP contribution in [-0.4, -0.2) is 0 Å². The summed E-state index contributed by atoms with van der Waals surface area (Å²) in [6.45, 7) is 0. The third-order valence-corrected chi connectivity index (χ3v) is 13.6. The van der Waals surface area contributed by atoms with Crippen LogP contribution in [0.2, 0.25) is 0 Å². The molecule has 0 saturated heterocycles. The fraction of sp³-hybridized carbons (Fsp3) is 0.0588. The number of para-hydroxylation sites is 1. The third kappa shape index (κ3) is 5.35. The van der Waals surface area contributed by atoms with Gasteiger partial charge in [0.2, 0.25) is 0 Å². The van der Waals surface area contributed by atoms with Crippen molar-refractivity contribution in [3.8, 4) is 11.1 Å². The lowest BCUT2D eigenvalue weighted by atomic mass is 9.96. The van der Waals surface area contributed by atoms with Crippen LogP contribution in [0.15, 0.2) is 194 Å². The molecule has 1 saturated carbocycles. The minimum atomic E-state index is 0.350. The van der Waals surface area contributed by atoms with Crippen molar-refractivity contribution in [2.75, 3.05) is 4.90 Å². The fourth-order valence-electron chi connectivity index (χ4n) is 8.81. The predicted molar refractivity (Wildman–Crippen MR) is 233 cm³/mol. The molecule has 8 aromatic carbocycles. The summed E-state index contributed by atoms with van der Waals surface area (Å²) in [5, 5.41) is 5.27. The molecule has 11 rings (SSSR count). The minimum absolute atomic E-state index is 0.350. The first-order valence-electron chi connectivity index (χ1n) is 18.7. The van der Waals surface area contributed by atoms with E-state index < -0.39 is 0 Å². The quantitative estimate of drug-likeness (QED) is 0.158. The van der Waals surface area contributed by atoms with Crippen LogP contribution in [-0.2, 0) is 0 Å². The number of thiophene rings is 2. The molecule has 2 heterocycles. The van der Waals surface area contributed by atoms with Gasteiger partial charge >= 0.3 is 0 Å². The van der Waals surface area contributed by atoms with E-state index in [0.717, 1.165) is 11.4 Å². The van der Waals surface area contributed by atoms with Crippen molar-refractivity contribution < 1.29 is 0 Å². The first kappa shape index (κ1) is 31.5. The molecule has 0 spiro atoms. The third-order valence-electron chi connectivity index (χ3n) is 11.3. The van der Waals surface area contributed by atoms with Gasteiger partial charge in [0.1, 0.15) is 0 Å². The van der Waals surface area contributed by atoms with Gasteiger partial charge in [0.15, 0.2) is 0 Å². The van der Waals surface area contributed by atoms with Gasteiger partial charge in [-0.05, 0) is 106 Å². The van der Waals surface area contributed by atoms with Gasteiger partial charge in [-0.15, -0.1) is 22.7 Å². The summed E-state index contributed by atoms with van der Waals surface area (Å²) >= 11 is 3.76. The van der Waals surface area contributed by atoms with E-state index in [1.165, 1.54) is 73.8 Å². The number of nitrogens with zero attached hydrogens (tertiary/aromatic N) is 1. The van der Waals surface area contributed by atoms with Crippen LogP contribution in [0.25, 0.3) is 51.5 Å². The molecule has 0 N–H and O–H groups in total. The van der Waals surface area contributed by atoms with E-state index in [0.29, 0.717) is 17.8 Å². The molecule has 2 aromatic heterocycles. The molecule has 2 atom stereocenters. The van der Waals surface area contributed by atoms with Gasteiger partial charge in [0.05, 0.1) is 0 Å². The molecule has 2 unspecified atom stereocenters. The monoisotopic (exact) mass is 725 g/mol. The zero-order valence-corrected chi connectivity index (χ0v) is 31.1. The highest BCUT2D eigenvalue weighted by Crippen LogP contribution is 2.66. The Morgan fingerprint density at radius 3 is 1.52 bits per heavy atom. The second-order valence-corrected chi connectivity index (χ2v) is 16.6. The maximum Gasteiger partial charge on any atom is 0.0470 e. The fourth-order valence-corrected chi connectivity index (χ4v) is 11.0. The van der Waals surface area contributed by atoms with E-state index in [1.807, 2.05) is 22.7 Å². The van der Waals surface area contributed by atoms with Crippen molar-refractivity contribution in [2.45, 2.75) is 17.8 Å². The number of benzene rings is 8. The van der Waals surface area contributed by atoms with Crippen LogP contribution in [0.1, 0.15) is 34.4 Å². The lowest BCUT2D eigenvalue weighted by molar-refractivity contribution is 1.02. The van der Waals surface area contributed by atoms with E-state index in [1.54, 1.807) is 0 Å². The molecular formula is C51H35NS2. The first-order chi connectivity index (χ1) is 26.8. The molecule has 1 fully saturated rings. The molecule has 3 heteroatoms. The SMILES string of the molecule is c1ccc(C2C(c3ccccc3)C2c2cc(-c3ccc4c(c3)sc3ccccc34)cc(N(c3ccccc3)c3ccc4sc5ccccc5c4c3)c2)cc1. The maximum absolute atomic E-state index is 2.49. The van der Waals surface area contributed by atoms with Crippen LogP contribution >= 0.6 is 22.7 Å². The number of anilines is 3. The molecular weight excluding hydrogens is 691 g/mol. The lowest BCUT2D eigenvalue weighted by Gasteiger charge is -2.27. The number of hydrogen-bond acceptors (Lipinski definition) is 3. The van der Waals surface area contributed by atoms with E-state index in [-0.39, 0.29) is 0 Å². The molecule has 256 valence electrons. The molecule has 0 amide bonds. The Morgan fingerprint density at radius 2 is 0.833 bits per heavy atom. The van der Waals surface area contributed by atoms with Crippen molar-refractivity contribution in [2.24, 2.45) is 0 Å². The predicted octanol–water partition coefficient (Wildman–Crippen LogP) is 15.2. The zero-order chi connectivity index (χ0) is 35.6. The smallest absolute Gasteiger partial charge is 0.0470 e. The highest BCUT2D eigenvalue weighted by atomic mass is 32.1. The van der Waals surface area contributed by atoms with Crippen LogP contribution in [0, 0.1) is 0 Å². The molecule has 0 bridgehead atoms. The van der Waals surface area contributed by atoms with Gasteiger partial charge in [-0.25, -0.2) is 0 Å². The van der Waals surface area contributed by atoms with E-state index >= 15 is 0 Å². The van der Waals surface area contributed by atoms with E-state index in [4.69, 9.17) is 0 Å². The average Bonchev–Trinajstić information content (AvgIpc) is 3.72. The average molecular weight is 726 g/mol. The summed E-state index contributed by atoms with van der Waals surface area (Å²) in [5.41, 5.74) is 10.2. The normalized spacial score (nSPS) is 16.7. The van der Waals surface area contributed by atoms with Crippen LogP contribution in [0.5, 0.6) is 0 Å². The second-order valence-electron chi connectivity index (χ2n) is 14.5. The van der Waals surface area contributed by atoms with Gasteiger partial charge in [-0.1, -0.05) is 133 Å². The van der Waals surface area contributed by atoms with Crippen molar-refractivity contribution in [1.82, 2.24) is 0 Å². The molecule has 1 aliphatic carbocycles. The number of fused-ring (bicyclic) bond motifs is 6. The topological polar surface area (TPSA) is 3.24 Å². The number of rotatable bonds is 7. The number of hydrogen-bond donors (Lipinski definition) is 0. The zero-order valence-electron chi connectivity index (χ0n) is 29.5. The molecule has 10 aromatic rings. The largest absolute Gasteiger partial charge is 0.310 e. The summed E-state index contributed by atoms with van der Waals surface area (Å²) in [7, 11) is 0. The Kier molecular flexibility index (Phi) is 7.50. The van der Waals surface area contributed by atoms with Crippen LogP contribution < -0.4 is 4.90 Å². The van der Waals surface area contributed by atoms with E-state index in [9.17, 15) is 0 Å². The van der Waals surface area contributed by atoms with Gasteiger partial charge in [0.25, 0.3) is 0 Å². The van der Waals surface area contributed by atoms with Gasteiger partial charge in [-0.2, -0.15) is 0 Å². The van der Waals surface area contributed by atoms with Crippen LogP contribution in [0.4, 0.5) is 17.1 Å². The highest BCUT2D eigenvalue weighted by Gasteiger charge is 2.52. The minimum Gasteiger partial charge on any atom is -0.310 e. The van der Waals surface area contributed by atoms with Crippen molar-refractivity contribution in [3.63, 3.8) is 0 Å². The Bertz CT molecular complexity index is 2920. The summed E-state index contributed by atoms with van der Waals surface area (Å²) in [6.07, 6.45) is 0. The van der Waals surface area contributed by atoms with E-state index in [2.05, 4.69) is 199 Å². The van der Waals surface area contributed by atoms with Crippen LogP contribution in [0.3, 0.4) is 0 Å². The highest BCUT2D eigenvalue weighted by molar-refractivity contribution is 7.26. The lowest BCUT2D eigenvalue weighted by Crippen LogP contribution is -2.10. The summed E-state index contributed by atoms with van der Waals surface area (Å²) in [5.74, 6) is 1.16. The molecule has 1 nitrogen and oxygen atoms in total. The summed E-state index contributed by atoms with van der Waals surface area (Å²) in [4.78, 5) is 2.47. The maximum atomic E-state index is 2.49. The molecule has 1 aliphatic rings. The van der Waals surface area contributed by atoms with Crippen molar-refractivity contribution in [3.05, 3.63) is 211 Å². The van der Waals surface area contributed by atoms with Crippen molar-refractivity contribution in [1.29, 1.82) is 0 Å². The second kappa shape index (κ2) is 12.8. The molecule has 54 heavy (non-hydrogen) atoms. The first-order valence-corrected chi connectivity index (χ1v) is 20.3. The molecule has 0 radical (unpaired) electrons. The summed E-state index contributed by atoms with van der Waals surface area (Å²) < 4.78 is 5.30. The Balaban J connectivity index is 1.14. The van der Waals surface area contributed by atoms with Gasteiger partial charge in [-0.3, -0.25) is 0 Å². The Labute approximate surface area is 323 Å². The van der Waals surface area contributed by atoms with Crippen molar-refractivity contribution >= 4 is 80.1 Å². The summed E-state index contributed by atoms with van der Waals surface area (Å²) in [6, 6.07) is 72.2. The Morgan fingerprint density at radius 1 is 0.296 bits per heavy atom. The standard InChI is InChI=1S/C51H35NS2/c1-4-14-33(15-5-1)49-50(34-16-6-2-7-17-34)51(49)37-28-36(35-24-26-43-41-20-10-12-22-45(41)54-48(43)31-35)29-40(30-37)52(38-18-8-3-9-19-38)39-25-27-47-44(32-39)42-21-11-13-23-46(42)53-47/h1-32,49-51H.